The van der Waals surface area contributed by atoms with E-state index in [1.165, 1.54) is 23.1 Å². The van der Waals surface area contributed by atoms with Crippen LogP contribution in [0.1, 0.15) is 24.0 Å². The molecule has 2 fully saturated rings. The molecular formula is C15H14FN3O2. The van der Waals surface area contributed by atoms with Crippen LogP contribution in [0.4, 0.5) is 4.39 Å². The molecule has 2 amide bonds. The molecule has 0 bridgehead atoms. The third-order valence-corrected chi connectivity index (χ3v) is 4.03. The van der Waals surface area contributed by atoms with Gasteiger partial charge in [-0.25, -0.2) is 4.39 Å². The number of benzene rings is 1. The lowest BCUT2D eigenvalue weighted by Gasteiger charge is -2.36. The van der Waals surface area contributed by atoms with E-state index < -0.39 is 11.9 Å². The fraction of sp³-hybridized carbons (Fsp3) is 0.400. The van der Waals surface area contributed by atoms with Gasteiger partial charge in [0, 0.05) is 18.7 Å². The number of fused-ring (bicyclic) bond motifs is 1. The Balaban J connectivity index is 1.83. The highest BCUT2D eigenvalue weighted by Gasteiger charge is 2.41. The Morgan fingerprint density at radius 3 is 2.95 bits per heavy atom. The van der Waals surface area contributed by atoms with Crippen molar-refractivity contribution >= 4 is 11.8 Å². The normalized spacial score (nSPS) is 21.4. The lowest BCUT2D eigenvalue weighted by molar-refractivity contribution is -0.154. The van der Waals surface area contributed by atoms with Crippen molar-refractivity contribution in [1.29, 1.82) is 5.26 Å². The summed E-state index contributed by atoms with van der Waals surface area (Å²) in [6.07, 6.45) is 1.50. The van der Waals surface area contributed by atoms with Crippen molar-refractivity contribution in [3.8, 4) is 6.07 Å². The number of carbonyl (C=O) groups excluding carboxylic acids is 2. The highest BCUT2D eigenvalue weighted by molar-refractivity contribution is 5.95. The van der Waals surface area contributed by atoms with Crippen LogP contribution in [0.5, 0.6) is 0 Å². The minimum Gasteiger partial charge on any atom is -0.329 e. The Hall–Kier alpha value is -2.42. The van der Waals surface area contributed by atoms with Gasteiger partial charge in [-0.2, -0.15) is 5.26 Å². The summed E-state index contributed by atoms with van der Waals surface area (Å²) in [6, 6.07) is 5.58. The molecule has 0 saturated carbocycles. The fourth-order valence-electron chi connectivity index (χ4n) is 2.97. The summed E-state index contributed by atoms with van der Waals surface area (Å²) < 4.78 is 13.8. The number of hydrogen-bond donors (Lipinski definition) is 0. The Morgan fingerprint density at radius 1 is 1.38 bits per heavy atom. The van der Waals surface area contributed by atoms with Crippen LogP contribution < -0.4 is 0 Å². The van der Waals surface area contributed by atoms with E-state index in [1.54, 1.807) is 4.90 Å². The van der Waals surface area contributed by atoms with Gasteiger partial charge in [0.25, 0.3) is 0 Å². The van der Waals surface area contributed by atoms with E-state index in [2.05, 4.69) is 0 Å². The molecule has 2 aliphatic heterocycles. The molecule has 5 nitrogen and oxygen atoms in total. The maximum absolute atomic E-state index is 13.8. The van der Waals surface area contributed by atoms with E-state index in [0.29, 0.717) is 18.5 Å². The summed E-state index contributed by atoms with van der Waals surface area (Å²) in [5.74, 6) is -0.689. The third-order valence-electron chi connectivity index (χ3n) is 4.03. The van der Waals surface area contributed by atoms with E-state index in [4.69, 9.17) is 5.26 Å². The second-order valence-electron chi connectivity index (χ2n) is 5.36. The van der Waals surface area contributed by atoms with E-state index >= 15 is 0 Å². The molecule has 108 valence electrons. The maximum atomic E-state index is 13.8. The van der Waals surface area contributed by atoms with Crippen molar-refractivity contribution < 1.29 is 14.0 Å². The summed E-state index contributed by atoms with van der Waals surface area (Å²) in [5, 5.41) is 8.86. The van der Waals surface area contributed by atoms with Crippen LogP contribution in [0.2, 0.25) is 0 Å². The Morgan fingerprint density at radius 2 is 2.19 bits per heavy atom. The molecule has 0 spiro atoms. The molecule has 2 aliphatic rings. The number of rotatable bonds is 2. The number of halogens is 1. The molecule has 0 radical (unpaired) electrons. The van der Waals surface area contributed by atoms with Crippen LogP contribution in [0.3, 0.4) is 0 Å². The van der Waals surface area contributed by atoms with Gasteiger partial charge >= 0.3 is 0 Å². The first-order valence-electron chi connectivity index (χ1n) is 6.87. The predicted octanol–water partition coefficient (Wildman–Crippen LogP) is 1.03. The summed E-state index contributed by atoms with van der Waals surface area (Å²) in [7, 11) is 0. The molecule has 0 aromatic heterocycles. The van der Waals surface area contributed by atoms with Gasteiger partial charge in [0.15, 0.2) is 0 Å². The third kappa shape index (κ3) is 2.35. The van der Waals surface area contributed by atoms with Crippen LogP contribution in [-0.4, -0.2) is 40.7 Å². The second kappa shape index (κ2) is 5.17. The number of piperazine rings is 1. The molecule has 0 N–H and O–H groups in total. The molecule has 2 heterocycles. The van der Waals surface area contributed by atoms with Gasteiger partial charge < -0.3 is 9.80 Å². The standard InChI is InChI=1S/C15H14FN3O2/c16-12-4-3-10(7-17)6-11(12)8-18-9-14(20)19-5-1-2-13(19)15(18)21/h3-4,6,13H,1-2,5,8-9H2. The molecule has 3 rings (SSSR count). The zero-order valence-electron chi connectivity index (χ0n) is 11.4. The van der Waals surface area contributed by atoms with Gasteiger partial charge in [-0.05, 0) is 31.0 Å². The molecule has 0 aliphatic carbocycles. The van der Waals surface area contributed by atoms with Crippen LogP contribution in [0, 0.1) is 17.1 Å². The molecule has 21 heavy (non-hydrogen) atoms. The van der Waals surface area contributed by atoms with Crippen molar-refractivity contribution in [2.45, 2.75) is 25.4 Å². The molecule has 6 heteroatoms. The quantitative estimate of drug-likeness (QED) is 0.816. The fourth-order valence-corrected chi connectivity index (χ4v) is 2.97. The zero-order valence-corrected chi connectivity index (χ0v) is 11.4. The highest BCUT2D eigenvalue weighted by atomic mass is 19.1. The second-order valence-corrected chi connectivity index (χ2v) is 5.36. The number of amides is 2. The van der Waals surface area contributed by atoms with Crippen molar-refractivity contribution in [2.24, 2.45) is 0 Å². The van der Waals surface area contributed by atoms with Crippen molar-refractivity contribution in [2.75, 3.05) is 13.1 Å². The van der Waals surface area contributed by atoms with Gasteiger partial charge in [0.2, 0.25) is 11.8 Å². The van der Waals surface area contributed by atoms with Gasteiger partial charge in [-0.1, -0.05) is 0 Å². The average molecular weight is 287 g/mol. The number of hydrogen-bond acceptors (Lipinski definition) is 3. The van der Waals surface area contributed by atoms with Crippen molar-refractivity contribution in [3.63, 3.8) is 0 Å². The zero-order chi connectivity index (χ0) is 15.0. The lowest BCUT2D eigenvalue weighted by Crippen LogP contribution is -2.56. The number of nitriles is 1. The van der Waals surface area contributed by atoms with Gasteiger partial charge in [0.05, 0.1) is 11.6 Å². The topological polar surface area (TPSA) is 64.4 Å². The molecule has 1 atom stereocenters. The van der Waals surface area contributed by atoms with Gasteiger partial charge in [0.1, 0.15) is 18.4 Å². The number of nitrogens with zero attached hydrogens (tertiary/aromatic N) is 3. The van der Waals surface area contributed by atoms with E-state index in [9.17, 15) is 14.0 Å². The number of carbonyl (C=O) groups is 2. The Bertz CT molecular complexity index is 653. The minimum absolute atomic E-state index is 0.0223. The van der Waals surface area contributed by atoms with E-state index in [1.807, 2.05) is 6.07 Å². The van der Waals surface area contributed by atoms with Gasteiger partial charge in [-0.15, -0.1) is 0 Å². The largest absolute Gasteiger partial charge is 0.329 e. The molecule has 2 saturated heterocycles. The van der Waals surface area contributed by atoms with Crippen LogP contribution in [0.15, 0.2) is 18.2 Å². The summed E-state index contributed by atoms with van der Waals surface area (Å²) in [5.41, 5.74) is 0.603. The first-order chi connectivity index (χ1) is 10.1. The minimum atomic E-state index is -0.469. The van der Waals surface area contributed by atoms with Gasteiger partial charge in [-0.3, -0.25) is 9.59 Å². The molecule has 1 aromatic carbocycles. The lowest BCUT2D eigenvalue weighted by atomic mass is 10.1. The Kier molecular flexibility index (Phi) is 3.34. The average Bonchev–Trinajstić information content (AvgIpc) is 2.97. The van der Waals surface area contributed by atoms with Crippen molar-refractivity contribution in [3.05, 3.63) is 35.1 Å². The highest BCUT2D eigenvalue weighted by Crippen LogP contribution is 2.25. The first-order valence-corrected chi connectivity index (χ1v) is 6.87. The van der Waals surface area contributed by atoms with E-state index in [-0.39, 0.29) is 30.5 Å². The SMILES string of the molecule is N#Cc1ccc(F)c(CN2CC(=O)N3CCCC3C2=O)c1. The molecule has 1 unspecified atom stereocenters. The van der Waals surface area contributed by atoms with Crippen LogP contribution >= 0.6 is 0 Å². The van der Waals surface area contributed by atoms with Crippen LogP contribution in [-0.2, 0) is 16.1 Å². The summed E-state index contributed by atoms with van der Waals surface area (Å²) >= 11 is 0. The predicted molar refractivity (Wildman–Crippen MR) is 71.3 cm³/mol. The molecule has 1 aromatic rings. The molecular weight excluding hydrogens is 273 g/mol. The van der Waals surface area contributed by atoms with Crippen LogP contribution in [0.25, 0.3) is 0 Å². The summed E-state index contributed by atoms with van der Waals surface area (Å²) in [4.78, 5) is 27.4. The smallest absolute Gasteiger partial charge is 0.246 e. The summed E-state index contributed by atoms with van der Waals surface area (Å²) in [6.45, 7) is 0.628. The van der Waals surface area contributed by atoms with E-state index in [0.717, 1.165) is 6.42 Å². The van der Waals surface area contributed by atoms with Crippen molar-refractivity contribution in [1.82, 2.24) is 9.80 Å². The monoisotopic (exact) mass is 287 g/mol. The maximum Gasteiger partial charge on any atom is 0.246 e. The first kappa shape index (κ1) is 13.6. The Labute approximate surface area is 121 Å².